The van der Waals surface area contributed by atoms with Crippen molar-refractivity contribution in [3.63, 3.8) is 0 Å². The molecule has 0 saturated heterocycles. The van der Waals surface area contributed by atoms with Crippen molar-refractivity contribution in [3.8, 4) is 0 Å². The number of hydrogen-bond acceptors (Lipinski definition) is 2. The molecule has 19 heavy (non-hydrogen) atoms. The van der Waals surface area contributed by atoms with Gasteiger partial charge in [-0.05, 0) is 55.7 Å². The number of para-hydroxylation sites is 1. The summed E-state index contributed by atoms with van der Waals surface area (Å²) in [7, 11) is 0. The van der Waals surface area contributed by atoms with Gasteiger partial charge in [0.25, 0.3) is 0 Å². The van der Waals surface area contributed by atoms with E-state index in [4.69, 9.17) is 10.7 Å². The van der Waals surface area contributed by atoms with Crippen LogP contribution in [-0.2, 0) is 19.3 Å². The summed E-state index contributed by atoms with van der Waals surface area (Å²) in [6.45, 7) is 4.30. The van der Waals surface area contributed by atoms with E-state index in [9.17, 15) is 0 Å². The number of aryl methyl sites for hydroxylation is 2. The molecule has 1 aliphatic rings. The normalized spacial score (nSPS) is 16.4. The second-order valence-electron chi connectivity index (χ2n) is 5.61. The van der Waals surface area contributed by atoms with Gasteiger partial charge in [-0.3, -0.25) is 4.98 Å². The Hall–Kier alpha value is -1.41. The van der Waals surface area contributed by atoms with Gasteiger partial charge >= 0.3 is 0 Å². The van der Waals surface area contributed by atoms with Gasteiger partial charge < -0.3 is 5.73 Å². The van der Waals surface area contributed by atoms with E-state index in [1.165, 1.54) is 46.1 Å². The molecule has 3 rings (SSSR count). The Morgan fingerprint density at radius 2 is 2.05 bits per heavy atom. The molecule has 2 aromatic rings. The lowest BCUT2D eigenvalue weighted by Crippen LogP contribution is -2.16. The molecule has 1 aromatic carbocycles. The number of hydrogen-bond donors (Lipinski definition) is 1. The average Bonchev–Trinajstić information content (AvgIpc) is 2.43. The summed E-state index contributed by atoms with van der Waals surface area (Å²) in [5.74, 6) is 0. The molecule has 2 heteroatoms. The maximum Gasteiger partial charge on any atom is 0.0740 e. The minimum absolute atomic E-state index is 0.0875. The fraction of sp³-hybridized carbons (Fsp3) is 0.471. The molecule has 0 spiro atoms. The van der Waals surface area contributed by atoms with Crippen molar-refractivity contribution in [2.45, 2.75) is 52.0 Å². The number of benzene rings is 1. The monoisotopic (exact) mass is 254 g/mol. The van der Waals surface area contributed by atoms with E-state index in [0.29, 0.717) is 0 Å². The highest BCUT2D eigenvalue weighted by Crippen LogP contribution is 2.33. The van der Waals surface area contributed by atoms with E-state index in [1.807, 2.05) is 0 Å². The number of pyridine rings is 1. The van der Waals surface area contributed by atoms with Gasteiger partial charge in [-0.25, -0.2) is 0 Å². The Kier molecular flexibility index (Phi) is 3.28. The van der Waals surface area contributed by atoms with Gasteiger partial charge in [0.05, 0.1) is 5.52 Å². The van der Waals surface area contributed by atoms with Crippen molar-refractivity contribution >= 4 is 10.9 Å². The Morgan fingerprint density at radius 3 is 2.79 bits per heavy atom. The van der Waals surface area contributed by atoms with E-state index in [2.05, 4.69) is 32.0 Å². The van der Waals surface area contributed by atoms with Crippen molar-refractivity contribution in [1.29, 1.82) is 0 Å². The van der Waals surface area contributed by atoms with Crippen LogP contribution in [0.5, 0.6) is 0 Å². The molecular formula is C17H22N2. The molecule has 0 bridgehead atoms. The first-order valence-electron chi connectivity index (χ1n) is 7.41. The second kappa shape index (κ2) is 4.93. The third-order valence-corrected chi connectivity index (χ3v) is 4.26. The third-order valence-electron chi connectivity index (χ3n) is 4.26. The zero-order valence-electron chi connectivity index (χ0n) is 11.9. The molecule has 2 nitrogen and oxygen atoms in total. The fourth-order valence-electron chi connectivity index (χ4n) is 3.35. The topological polar surface area (TPSA) is 38.9 Å². The molecule has 0 fully saturated rings. The number of nitrogens with two attached hydrogens (primary N) is 1. The molecule has 1 aromatic heterocycles. The molecule has 0 aliphatic heterocycles. The van der Waals surface area contributed by atoms with Gasteiger partial charge in [0.1, 0.15) is 0 Å². The zero-order valence-corrected chi connectivity index (χ0v) is 11.9. The highest BCUT2D eigenvalue weighted by atomic mass is 14.7. The zero-order chi connectivity index (χ0) is 13.4. The van der Waals surface area contributed by atoms with Crippen LogP contribution in [0.25, 0.3) is 10.9 Å². The third kappa shape index (κ3) is 2.04. The van der Waals surface area contributed by atoms with Gasteiger partial charge in [0.2, 0.25) is 0 Å². The molecule has 1 atom stereocenters. The van der Waals surface area contributed by atoms with E-state index < -0.39 is 0 Å². The molecule has 1 unspecified atom stereocenters. The Balaban J connectivity index is 2.38. The Labute approximate surface area is 115 Å². The molecule has 2 N–H and O–H groups in total. The van der Waals surface area contributed by atoms with Gasteiger partial charge in [-0.1, -0.05) is 25.1 Å². The molecule has 0 saturated carbocycles. The van der Waals surface area contributed by atoms with Crippen LogP contribution in [-0.4, -0.2) is 4.98 Å². The van der Waals surface area contributed by atoms with Crippen LogP contribution in [0.3, 0.4) is 0 Å². The van der Waals surface area contributed by atoms with Crippen LogP contribution in [0, 0.1) is 0 Å². The Bertz CT molecular complexity index is 614. The lowest BCUT2D eigenvalue weighted by atomic mass is 9.86. The van der Waals surface area contributed by atoms with Crippen LogP contribution in [0.2, 0.25) is 0 Å². The van der Waals surface area contributed by atoms with Crippen molar-refractivity contribution in [1.82, 2.24) is 4.98 Å². The SMILES string of the molecule is CCc1cccc2c(C(C)N)c3c(nc12)CCCC3. The molecule has 1 heterocycles. The smallest absolute Gasteiger partial charge is 0.0740 e. The molecule has 1 aliphatic carbocycles. The second-order valence-corrected chi connectivity index (χ2v) is 5.61. The van der Waals surface area contributed by atoms with Crippen LogP contribution in [0.15, 0.2) is 18.2 Å². The lowest BCUT2D eigenvalue weighted by molar-refractivity contribution is 0.655. The lowest BCUT2D eigenvalue weighted by Gasteiger charge is -2.23. The molecule has 100 valence electrons. The summed E-state index contributed by atoms with van der Waals surface area (Å²) >= 11 is 0. The first-order chi connectivity index (χ1) is 9.22. The maximum absolute atomic E-state index is 6.27. The van der Waals surface area contributed by atoms with Crippen molar-refractivity contribution < 1.29 is 0 Å². The van der Waals surface area contributed by atoms with Crippen LogP contribution in [0.4, 0.5) is 0 Å². The highest BCUT2D eigenvalue weighted by Gasteiger charge is 2.20. The average molecular weight is 254 g/mol. The molecular weight excluding hydrogens is 232 g/mol. The minimum atomic E-state index is 0.0875. The minimum Gasteiger partial charge on any atom is -0.324 e. The summed E-state index contributed by atoms with van der Waals surface area (Å²) in [4.78, 5) is 4.97. The summed E-state index contributed by atoms with van der Waals surface area (Å²) in [6.07, 6.45) is 5.82. The summed E-state index contributed by atoms with van der Waals surface area (Å²) < 4.78 is 0. The van der Waals surface area contributed by atoms with Crippen LogP contribution >= 0.6 is 0 Å². The van der Waals surface area contributed by atoms with Crippen molar-refractivity contribution in [3.05, 3.63) is 40.6 Å². The summed E-state index contributed by atoms with van der Waals surface area (Å²) in [5.41, 5.74) is 12.9. The first kappa shape index (κ1) is 12.6. The van der Waals surface area contributed by atoms with Gasteiger partial charge in [0.15, 0.2) is 0 Å². The quantitative estimate of drug-likeness (QED) is 0.887. The largest absolute Gasteiger partial charge is 0.324 e. The van der Waals surface area contributed by atoms with E-state index >= 15 is 0 Å². The highest BCUT2D eigenvalue weighted by molar-refractivity contribution is 5.87. The Morgan fingerprint density at radius 1 is 1.26 bits per heavy atom. The van der Waals surface area contributed by atoms with Crippen LogP contribution < -0.4 is 5.73 Å². The number of aromatic nitrogens is 1. The van der Waals surface area contributed by atoms with E-state index in [0.717, 1.165) is 19.3 Å². The molecule has 0 amide bonds. The van der Waals surface area contributed by atoms with E-state index in [1.54, 1.807) is 0 Å². The van der Waals surface area contributed by atoms with Crippen LogP contribution in [0.1, 0.15) is 55.1 Å². The van der Waals surface area contributed by atoms with Crippen molar-refractivity contribution in [2.75, 3.05) is 0 Å². The fourth-order valence-corrected chi connectivity index (χ4v) is 3.35. The molecule has 0 radical (unpaired) electrons. The van der Waals surface area contributed by atoms with Gasteiger partial charge in [-0.2, -0.15) is 0 Å². The predicted molar refractivity (Wildman–Crippen MR) is 80.4 cm³/mol. The maximum atomic E-state index is 6.27. The number of fused-ring (bicyclic) bond motifs is 2. The number of rotatable bonds is 2. The predicted octanol–water partition coefficient (Wildman–Crippen LogP) is 3.70. The van der Waals surface area contributed by atoms with E-state index in [-0.39, 0.29) is 6.04 Å². The van der Waals surface area contributed by atoms with Crippen molar-refractivity contribution in [2.24, 2.45) is 5.73 Å². The summed E-state index contributed by atoms with van der Waals surface area (Å²) in [6, 6.07) is 6.61. The number of nitrogens with zero attached hydrogens (tertiary/aromatic N) is 1. The van der Waals surface area contributed by atoms with Gasteiger partial charge in [0, 0.05) is 17.1 Å². The summed E-state index contributed by atoms with van der Waals surface area (Å²) in [5, 5.41) is 1.27. The first-order valence-corrected chi connectivity index (χ1v) is 7.41. The van der Waals surface area contributed by atoms with Gasteiger partial charge in [-0.15, -0.1) is 0 Å². The standard InChI is InChI=1S/C17H22N2/c1-3-12-7-6-9-14-16(11(2)18)13-8-4-5-10-15(13)19-17(12)14/h6-7,9,11H,3-5,8,10,18H2,1-2H3.